The zero-order valence-corrected chi connectivity index (χ0v) is 21.6. The zero-order valence-electron chi connectivity index (χ0n) is 21.6. The Morgan fingerprint density at radius 3 is 2.76 bits per heavy atom. The average Bonchev–Trinajstić information content (AvgIpc) is 3.54. The lowest BCUT2D eigenvalue weighted by molar-refractivity contribution is 0.251. The molecular weight excluding hydrogens is 466 g/mol. The highest BCUT2D eigenvalue weighted by Crippen LogP contribution is 2.34. The molecule has 1 aliphatic carbocycles. The molecule has 2 heterocycles. The van der Waals surface area contributed by atoms with Gasteiger partial charge in [-0.25, -0.2) is 4.79 Å². The number of nitrogens with one attached hydrogen (secondary N) is 2. The third-order valence-electron chi connectivity index (χ3n) is 6.76. The van der Waals surface area contributed by atoms with Crippen molar-refractivity contribution in [3.05, 3.63) is 53.7 Å². The minimum atomic E-state index is -0.168. The molecule has 2 aliphatic rings. The van der Waals surface area contributed by atoms with Gasteiger partial charge in [0.05, 0.1) is 12.1 Å². The number of ether oxygens (including phenoxy) is 2. The summed E-state index contributed by atoms with van der Waals surface area (Å²) in [4.78, 5) is 23.4. The highest BCUT2D eigenvalue weighted by molar-refractivity contribution is 5.95. The van der Waals surface area contributed by atoms with Crippen LogP contribution in [0.15, 0.2) is 47.6 Å². The van der Waals surface area contributed by atoms with Crippen LogP contribution in [0, 0.1) is 6.92 Å². The number of carbonyl (C=O) groups is 1. The molecular formula is C29H35N5O3. The fraction of sp³-hybridized carbons (Fsp3) is 0.414. The van der Waals surface area contributed by atoms with E-state index < -0.39 is 0 Å². The molecule has 194 valence electrons. The molecule has 0 atom stereocenters. The van der Waals surface area contributed by atoms with Gasteiger partial charge < -0.3 is 25.0 Å². The molecule has 0 spiro atoms. The number of aryl methyl sites for hydroxylation is 1. The van der Waals surface area contributed by atoms with E-state index in [0.29, 0.717) is 24.1 Å². The summed E-state index contributed by atoms with van der Waals surface area (Å²) in [5.74, 6) is 2.16. The Bertz CT molecular complexity index is 1280. The molecule has 8 heteroatoms. The topological polar surface area (TPSA) is 88.1 Å². The first-order valence-electron chi connectivity index (χ1n) is 13.1. The van der Waals surface area contributed by atoms with Gasteiger partial charge in [-0.05, 0) is 88.0 Å². The number of nitrogens with zero attached hydrogens (tertiary/aromatic N) is 3. The van der Waals surface area contributed by atoms with Gasteiger partial charge in [-0.1, -0.05) is 0 Å². The van der Waals surface area contributed by atoms with Crippen LogP contribution in [0.5, 0.6) is 17.2 Å². The number of anilines is 1. The SMILES string of the molecule is CN=Cc1cc2c(Oc3ccc(NC(=O)NC4CC4)c(C)c3)ccnc2cc1OCCCN1CCCC1. The van der Waals surface area contributed by atoms with Gasteiger partial charge in [-0.2, -0.15) is 0 Å². The number of carbonyl (C=O) groups excluding carboxylic acids is 1. The summed E-state index contributed by atoms with van der Waals surface area (Å²) >= 11 is 0. The Kier molecular flexibility index (Phi) is 7.84. The summed E-state index contributed by atoms with van der Waals surface area (Å²) in [6, 6.07) is 11.6. The lowest BCUT2D eigenvalue weighted by Crippen LogP contribution is -2.30. The lowest BCUT2D eigenvalue weighted by Gasteiger charge is -2.16. The lowest BCUT2D eigenvalue weighted by atomic mass is 10.1. The zero-order chi connectivity index (χ0) is 25.6. The van der Waals surface area contributed by atoms with E-state index >= 15 is 0 Å². The van der Waals surface area contributed by atoms with Crippen molar-refractivity contribution in [3.8, 4) is 17.2 Å². The van der Waals surface area contributed by atoms with E-state index in [0.717, 1.165) is 59.3 Å². The van der Waals surface area contributed by atoms with Gasteiger partial charge in [0.1, 0.15) is 17.2 Å². The minimum Gasteiger partial charge on any atom is -0.493 e. The third kappa shape index (κ3) is 6.57. The molecule has 0 radical (unpaired) electrons. The Hall–Kier alpha value is -3.65. The second-order valence-corrected chi connectivity index (χ2v) is 9.81. The van der Waals surface area contributed by atoms with E-state index in [1.165, 1.54) is 25.9 Å². The number of aromatic nitrogens is 1. The van der Waals surface area contributed by atoms with Gasteiger partial charge in [-0.15, -0.1) is 0 Å². The number of benzene rings is 2. The van der Waals surface area contributed by atoms with Crippen molar-refractivity contribution in [2.24, 2.45) is 4.99 Å². The first-order valence-corrected chi connectivity index (χ1v) is 13.1. The van der Waals surface area contributed by atoms with E-state index in [1.807, 2.05) is 49.5 Å². The molecule has 2 aromatic carbocycles. The number of rotatable bonds is 10. The largest absolute Gasteiger partial charge is 0.493 e. The van der Waals surface area contributed by atoms with Crippen LogP contribution < -0.4 is 20.1 Å². The first-order chi connectivity index (χ1) is 18.1. The standard InChI is InChI=1S/C29H35N5O3/c1-20-16-23(8-9-25(20)33-29(35)32-22-6-7-22)37-27-10-11-31-26-18-28(21(19-30-2)17-24(26)27)36-15-5-14-34-12-3-4-13-34/h8-11,16-19,22H,3-7,12-15H2,1-2H3,(H2,32,33,35). The van der Waals surface area contributed by atoms with Crippen LogP contribution in [-0.2, 0) is 0 Å². The molecule has 1 aromatic heterocycles. The fourth-order valence-electron chi connectivity index (χ4n) is 4.63. The van der Waals surface area contributed by atoms with Gasteiger partial charge >= 0.3 is 6.03 Å². The molecule has 0 unspecified atom stereocenters. The molecule has 37 heavy (non-hydrogen) atoms. The monoisotopic (exact) mass is 501 g/mol. The van der Waals surface area contributed by atoms with Crippen molar-refractivity contribution in [1.29, 1.82) is 0 Å². The molecule has 0 bridgehead atoms. The van der Waals surface area contributed by atoms with Gasteiger partial charge in [0.25, 0.3) is 0 Å². The van der Waals surface area contributed by atoms with Gasteiger partial charge in [-0.3, -0.25) is 9.98 Å². The number of hydrogen-bond acceptors (Lipinski definition) is 6. The van der Waals surface area contributed by atoms with Gasteiger partial charge in [0.15, 0.2) is 0 Å². The Morgan fingerprint density at radius 1 is 1.16 bits per heavy atom. The van der Waals surface area contributed by atoms with Crippen LogP contribution >= 0.6 is 0 Å². The highest BCUT2D eigenvalue weighted by atomic mass is 16.5. The quantitative estimate of drug-likeness (QED) is 0.282. The average molecular weight is 502 g/mol. The maximum atomic E-state index is 12.1. The predicted octanol–water partition coefficient (Wildman–Crippen LogP) is 5.53. The van der Waals surface area contributed by atoms with Crippen molar-refractivity contribution in [1.82, 2.24) is 15.2 Å². The number of hydrogen-bond donors (Lipinski definition) is 2. The van der Waals surface area contributed by atoms with Crippen molar-refractivity contribution in [2.75, 3.05) is 38.6 Å². The van der Waals surface area contributed by atoms with Crippen LogP contribution in [0.1, 0.15) is 43.2 Å². The van der Waals surface area contributed by atoms with E-state index in [2.05, 4.69) is 25.5 Å². The molecule has 2 N–H and O–H groups in total. The van der Waals surface area contributed by atoms with E-state index in [-0.39, 0.29) is 6.03 Å². The van der Waals surface area contributed by atoms with Crippen LogP contribution in [0.25, 0.3) is 10.9 Å². The van der Waals surface area contributed by atoms with Crippen molar-refractivity contribution >= 4 is 28.8 Å². The normalized spacial score (nSPS) is 15.8. The molecule has 2 fully saturated rings. The van der Waals surface area contributed by atoms with Crippen LogP contribution in [0.3, 0.4) is 0 Å². The number of likely N-dealkylation sites (tertiary alicyclic amines) is 1. The summed E-state index contributed by atoms with van der Waals surface area (Å²) < 4.78 is 12.4. The van der Waals surface area contributed by atoms with E-state index in [9.17, 15) is 4.79 Å². The summed E-state index contributed by atoms with van der Waals surface area (Å²) in [6.07, 6.45) is 9.25. The number of urea groups is 1. The second kappa shape index (κ2) is 11.6. The van der Waals surface area contributed by atoms with Crippen LogP contribution in [0.2, 0.25) is 0 Å². The highest BCUT2D eigenvalue weighted by Gasteiger charge is 2.23. The molecule has 1 saturated heterocycles. The van der Waals surface area contributed by atoms with E-state index in [1.54, 1.807) is 13.2 Å². The Labute approximate surface area is 218 Å². The maximum Gasteiger partial charge on any atom is 0.319 e. The number of amides is 2. The summed E-state index contributed by atoms with van der Waals surface area (Å²) in [5.41, 5.74) is 3.38. The minimum absolute atomic E-state index is 0.168. The number of pyridine rings is 1. The summed E-state index contributed by atoms with van der Waals surface area (Å²) in [7, 11) is 1.76. The molecule has 2 amide bonds. The summed E-state index contributed by atoms with van der Waals surface area (Å²) in [6.45, 7) is 6.07. The van der Waals surface area contributed by atoms with Crippen LogP contribution in [0.4, 0.5) is 10.5 Å². The first kappa shape index (κ1) is 25.0. The Morgan fingerprint density at radius 2 is 2.00 bits per heavy atom. The van der Waals surface area contributed by atoms with Crippen molar-refractivity contribution in [2.45, 2.75) is 45.1 Å². The maximum absolute atomic E-state index is 12.1. The Balaban J connectivity index is 1.30. The van der Waals surface area contributed by atoms with Gasteiger partial charge in [0.2, 0.25) is 0 Å². The van der Waals surface area contributed by atoms with Crippen molar-refractivity contribution in [3.63, 3.8) is 0 Å². The fourth-order valence-corrected chi connectivity index (χ4v) is 4.63. The molecule has 5 rings (SSSR count). The van der Waals surface area contributed by atoms with Crippen LogP contribution in [-0.4, -0.2) is 61.5 Å². The smallest absolute Gasteiger partial charge is 0.319 e. The molecule has 3 aromatic rings. The third-order valence-corrected chi connectivity index (χ3v) is 6.76. The van der Waals surface area contributed by atoms with E-state index in [4.69, 9.17) is 9.47 Å². The summed E-state index contributed by atoms with van der Waals surface area (Å²) in [5, 5.41) is 6.74. The van der Waals surface area contributed by atoms with Crippen molar-refractivity contribution < 1.29 is 14.3 Å². The molecule has 1 aliphatic heterocycles. The predicted molar refractivity (Wildman–Crippen MR) is 147 cm³/mol. The molecule has 1 saturated carbocycles. The number of aliphatic imine (C=N–C) groups is 1. The van der Waals surface area contributed by atoms with Gasteiger partial charge in [0, 0.05) is 54.7 Å². The molecule has 8 nitrogen and oxygen atoms in total. The second-order valence-electron chi connectivity index (χ2n) is 9.81. The number of fused-ring (bicyclic) bond motifs is 1.